The van der Waals surface area contributed by atoms with Crippen LogP contribution in [0, 0.1) is 51.2 Å². The number of aliphatic hydroxyl groups excluding tert-OH is 1. The summed E-state index contributed by atoms with van der Waals surface area (Å²) in [5.74, 6) is 2.30. The van der Waals surface area contributed by atoms with E-state index < -0.39 is 30.3 Å². The molecule has 0 saturated heterocycles. The van der Waals surface area contributed by atoms with E-state index in [0.29, 0.717) is 54.2 Å². The van der Waals surface area contributed by atoms with E-state index >= 15 is 0 Å². The van der Waals surface area contributed by atoms with Gasteiger partial charge >= 0.3 is 11.9 Å². The molecule has 0 spiro atoms. The molecule has 1 unspecified atom stereocenters. The SMILES string of the molecule is C=C(C)OC1C[C@@]2(C)[C@@H](C[C@@H](O)[C@H]3[C@@]4(C)CC[C@@H](C)[C@H](C)[C@@H]4CC[C@@]32C)/C1=C(\CCC(/C=C/CCCCl)=C(C)C)C(=O)OCOC(=O)C(C)(C)C. The lowest BCUT2D eigenvalue weighted by Gasteiger charge is -2.69. The largest absolute Gasteiger partial charge is 0.491 e. The van der Waals surface area contributed by atoms with Gasteiger partial charge in [-0.1, -0.05) is 58.9 Å². The number of alkyl halides is 1. The lowest BCUT2D eigenvalue weighted by atomic mass is 9.36. The smallest absolute Gasteiger partial charge is 0.336 e. The minimum absolute atomic E-state index is 0.0519. The summed E-state index contributed by atoms with van der Waals surface area (Å²) in [6.45, 7) is 27.2. The van der Waals surface area contributed by atoms with Crippen molar-refractivity contribution in [2.75, 3.05) is 12.7 Å². The number of allylic oxidation sites excluding steroid dienone is 5. The molecule has 4 rings (SSSR count). The van der Waals surface area contributed by atoms with Gasteiger partial charge in [0.25, 0.3) is 0 Å². The van der Waals surface area contributed by atoms with Crippen LogP contribution in [-0.2, 0) is 23.8 Å². The minimum atomic E-state index is -0.719. The van der Waals surface area contributed by atoms with E-state index in [1.807, 2.05) is 6.92 Å². The van der Waals surface area contributed by atoms with Gasteiger partial charge in [-0.15, -0.1) is 11.6 Å². The van der Waals surface area contributed by atoms with Crippen LogP contribution in [0.5, 0.6) is 0 Å². The first kappa shape index (κ1) is 41.7. The third-order valence-corrected chi connectivity index (χ3v) is 14.5. The van der Waals surface area contributed by atoms with Crippen molar-refractivity contribution in [3.05, 3.63) is 46.8 Å². The molecule has 4 aliphatic rings. The van der Waals surface area contributed by atoms with E-state index in [1.54, 1.807) is 20.8 Å². The van der Waals surface area contributed by atoms with Gasteiger partial charge in [-0.3, -0.25) is 4.79 Å². The third-order valence-electron chi connectivity index (χ3n) is 14.2. The molecular weight excluding hydrogens is 660 g/mol. The van der Waals surface area contributed by atoms with E-state index in [-0.39, 0.29) is 34.2 Å². The van der Waals surface area contributed by atoms with Gasteiger partial charge in [-0.05, 0) is 163 Å². The summed E-state index contributed by atoms with van der Waals surface area (Å²) in [7, 11) is 0. The van der Waals surface area contributed by atoms with Crippen molar-refractivity contribution in [2.45, 2.75) is 153 Å². The first-order chi connectivity index (χ1) is 23.7. The second-order valence-corrected chi connectivity index (χ2v) is 19.0. The molecule has 4 saturated carbocycles. The molecule has 0 radical (unpaired) electrons. The molecule has 288 valence electrons. The molecule has 4 fully saturated rings. The third kappa shape index (κ3) is 8.22. The Hall–Kier alpha value is -2.05. The number of ether oxygens (including phenoxy) is 3. The van der Waals surface area contributed by atoms with Gasteiger partial charge in [0.1, 0.15) is 6.10 Å². The second kappa shape index (κ2) is 16.1. The maximum atomic E-state index is 14.3. The van der Waals surface area contributed by atoms with Crippen LogP contribution in [0.1, 0.15) is 140 Å². The Morgan fingerprint density at radius 3 is 2.31 bits per heavy atom. The zero-order valence-corrected chi connectivity index (χ0v) is 34.5. The molecule has 7 heteroatoms. The summed E-state index contributed by atoms with van der Waals surface area (Å²) in [6.07, 6.45) is 12.2. The fourth-order valence-electron chi connectivity index (χ4n) is 11.1. The molecule has 0 amide bonds. The van der Waals surface area contributed by atoms with Crippen LogP contribution >= 0.6 is 11.6 Å². The van der Waals surface area contributed by atoms with E-state index in [2.05, 4.69) is 67.2 Å². The van der Waals surface area contributed by atoms with Crippen LogP contribution in [0.25, 0.3) is 0 Å². The molecule has 0 aliphatic heterocycles. The predicted molar refractivity (Wildman–Crippen MR) is 207 cm³/mol. The highest BCUT2D eigenvalue weighted by Gasteiger charge is 2.70. The zero-order valence-electron chi connectivity index (χ0n) is 33.8. The number of fused-ring (bicyclic) bond motifs is 5. The van der Waals surface area contributed by atoms with Crippen molar-refractivity contribution in [2.24, 2.45) is 51.2 Å². The average molecular weight is 729 g/mol. The molecule has 1 N–H and O–H groups in total. The van der Waals surface area contributed by atoms with Gasteiger partial charge in [0.05, 0.1) is 17.3 Å². The van der Waals surface area contributed by atoms with Gasteiger partial charge in [0, 0.05) is 11.5 Å². The lowest BCUT2D eigenvalue weighted by molar-refractivity contribution is -0.229. The Morgan fingerprint density at radius 1 is 1.02 bits per heavy atom. The molecule has 0 heterocycles. The van der Waals surface area contributed by atoms with Crippen LogP contribution in [0.4, 0.5) is 0 Å². The maximum Gasteiger partial charge on any atom is 0.336 e. The number of halogens is 1. The standard InChI is InChI=1S/C44H69ClO6/c1-27(2)31(16-14-13-15-23-45)17-18-32(39(47)49-26-50-40(48)41(7,8)9)37-34-24-35(46)38-42(10)21-19-29(5)30(6)33(42)20-22-43(38,11)44(34,12)25-36(37)51-28(3)4/h14,16,29-30,33-36,38,46H,3,13,15,17-26H2,1-2,4-12H3/b16-14+,37-32-/t29-,30+,33+,34+,35-,36?,38+,42+,43+,44+/m1/s1. The van der Waals surface area contributed by atoms with Crippen LogP contribution < -0.4 is 0 Å². The number of aliphatic hydroxyl groups is 1. The molecule has 0 aromatic rings. The molecule has 6 nitrogen and oxygen atoms in total. The molecule has 4 aliphatic carbocycles. The second-order valence-electron chi connectivity index (χ2n) is 18.6. The lowest BCUT2D eigenvalue weighted by Crippen LogP contribution is -2.65. The van der Waals surface area contributed by atoms with Gasteiger partial charge in [-0.2, -0.15) is 0 Å². The Balaban J connectivity index is 1.80. The highest BCUT2D eigenvalue weighted by molar-refractivity contribution is 6.17. The van der Waals surface area contributed by atoms with E-state index in [4.69, 9.17) is 25.8 Å². The molecule has 51 heavy (non-hydrogen) atoms. The van der Waals surface area contributed by atoms with Crippen LogP contribution in [0.2, 0.25) is 0 Å². The zero-order chi connectivity index (χ0) is 38.1. The molecule has 0 bridgehead atoms. The molecule has 0 aromatic carbocycles. The van der Waals surface area contributed by atoms with Crippen molar-refractivity contribution >= 4 is 23.5 Å². The number of rotatable bonds is 12. The normalized spacial score (nSPS) is 37.2. The van der Waals surface area contributed by atoms with Gasteiger partial charge in [0.15, 0.2) is 0 Å². The van der Waals surface area contributed by atoms with E-state index in [1.165, 1.54) is 12.0 Å². The predicted octanol–water partition coefficient (Wildman–Crippen LogP) is 10.9. The summed E-state index contributed by atoms with van der Waals surface area (Å²) in [4.78, 5) is 26.9. The minimum Gasteiger partial charge on any atom is -0.491 e. The van der Waals surface area contributed by atoms with Gasteiger partial charge < -0.3 is 19.3 Å². The number of carbonyl (C=O) groups excluding carboxylic acids is 2. The van der Waals surface area contributed by atoms with Crippen molar-refractivity contribution in [1.29, 1.82) is 0 Å². The monoisotopic (exact) mass is 728 g/mol. The topological polar surface area (TPSA) is 82.1 Å². The fraction of sp³-hybridized carbons (Fsp3) is 0.773. The number of carbonyl (C=O) groups is 2. The number of hydrogen-bond donors (Lipinski definition) is 1. The van der Waals surface area contributed by atoms with E-state index in [0.717, 1.165) is 49.7 Å². The summed E-state index contributed by atoms with van der Waals surface area (Å²) < 4.78 is 17.8. The van der Waals surface area contributed by atoms with Crippen LogP contribution in [-0.4, -0.2) is 41.9 Å². The first-order valence-corrected chi connectivity index (χ1v) is 20.2. The van der Waals surface area contributed by atoms with Crippen molar-refractivity contribution < 1.29 is 28.9 Å². The van der Waals surface area contributed by atoms with Crippen molar-refractivity contribution in [1.82, 2.24) is 0 Å². The maximum absolute atomic E-state index is 14.3. The van der Waals surface area contributed by atoms with Gasteiger partial charge in [-0.25, -0.2) is 4.79 Å². The first-order valence-electron chi connectivity index (χ1n) is 19.7. The van der Waals surface area contributed by atoms with Crippen LogP contribution in [0.3, 0.4) is 0 Å². The van der Waals surface area contributed by atoms with Crippen molar-refractivity contribution in [3.8, 4) is 0 Å². The number of unbranched alkanes of at least 4 members (excludes halogenated alkanes) is 1. The summed E-state index contributed by atoms with van der Waals surface area (Å²) in [5.41, 5.74) is 2.80. The quantitative estimate of drug-likeness (QED) is 0.0410. The summed E-state index contributed by atoms with van der Waals surface area (Å²) in [5, 5.41) is 12.4. The summed E-state index contributed by atoms with van der Waals surface area (Å²) in [6, 6.07) is 0. The highest BCUT2D eigenvalue weighted by Crippen LogP contribution is 2.74. The Morgan fingerprint density at radius 2 is 1.71 bits per heavy atom. The molecule has 10 atom stereocenters. The number of esters is 2. The molecular formula is C44H69ClO6. The Bertz CT molecular complexity index is 1400. The average Bonchev–Trinajstić information content (AvgIpc) is 3.30. The molecule has 0 aromatic heterocycles. The van der Waals surface area contributed by atoms with Gasteiger partial charge in [0.2, 0.25) is 6.79 Å². The Labute approximate surface area is 314 Å². The van der Waals surface area contributed by atoms with Crippen molar-refractivity contribution in [3.63, 3.8) is 0 Å². The Kier molecular flexibility index (Phi) is 13.2. The number of hydrogen-bond acceptors (Lipinski definition) is 6. The highest BCUT2D eigenvalue weighted by atomic mass is 35.5. The van der Waals surface area contributed by atoms with E-state index in [9.17, 15) is 14.7 Å². The fourth-order valence-corrected chi connectivity index (χ4v) is 11.3. The summed E-state index contributed by atoms with van der Waals surface area (Å²) >= 11 is 5.94. The van der Waals surface area contributed by atoms with Crippen LogP contribution in [0.15, 0.2) is 46.8 Å².